The number of sulfonamides is 1. The first-order valence-electron chi connectivity index (χ1n) is 10.7. The molecule has 1 aliphatic carbocycles. The molecule has 170 valence electrons. The van der Waals surface area contributed by atoms with Crippen molar-refractivity contribution >= 4 is 40.0 Å². The summed E-state index contributed by atoms with van der Waals surface area (Å²) in [6.07, 6.45) is 4.49. The smallest absolute Gasteiger partial charge is 0.243 e. The van der Waals surface area contributed by atoms with Crippen LogP contribution in [0.4, 0.5) is 0 Å². The third-order valence-corrected chi connectivity index (χ3v) is 7.27. The summed E-state index contributed by atoms with van der Waals surface area (Å²) in [4.78, 5) is 7.13. The van der Waals surface area contributed by atoms with Gasteiger partial charge in [0.05, 0.1) is 18.0 Å². The molecule has 0 spiro atoms. The molecule has 30 heavy (non-hydrogen) atoms. The van der Waals surface area contributed by atoms with Crippen LogP contribution in [0.1, 0.15) is 38.2 Å². The molecule has 0 amide bonds. The topological polar surface area (TPSA) is 74.2 Å². The van der Waals surface area contributed by atoms with Gasteiger partial charge in [-0.2, -0.15) is 4.31 Å². The Labute approximate surface area is 198 Å². The highest BCUT2D eigenvalue weighted by Crippen LogP contribution is 2.28. The molecule has 1 aromatic carbocycles. The van der Waals surface area contributed by atoms with E-state index in [0.29, 0.717) is 31.1 Å². The van der Waals surface area contributed by atoms with Crippen LogP contribution in [0.3, 0.4) is 0 Å². The molecular weight excluding hydrogens is 515 g/mol. The van der Waals surface area contributed by atoms with Gasteiger partial charge in [0, 0.05) is 39.8 Å². The molecule has 0 unspecified atom stereocenters. The number of nitrogens with one attached hydrogen (secondary N) is 1. The minimum atomic E-state index is -3.36. The Bertz CT molecular complexity index is 776. The summed E-state index contributed by atoms with van der Waals surface area (Å²) in [7, 11) is -1.35. The van der Waals surface area contributed by atoms with E-state index in [1.54, 1.807) is 16.4 Å². The first-order valence-corrected chi connectivity index (χ1v) is 12.1. The summed E-state index contributed by atoms with van der Waals surface area (Å²) in [5, 5.41) is 3.31. The third kappa shape index (κ3) is 7.35. The van der Waals surface area contributed by atoms with Crippen molar-refractivity contribution in [1.29, 1.82) is 0 Å². The van der Waals surface area contributed by atoms with Crippen molar-refractivity contribution in [2.24, 2.45) is 10.9 Å². The monoisotopic (exact) mass is 550 g/mol. The SMILES string of the molecule is CCNC(=NCc1ccc(S(=O)(=O)N2CCCC2)cc1)N(C)CCOCC1CC1.I. The fourth-order valence-corrected chi connectivity index (χ4v) is 4.84. The van der Waals surface area contributed by atoms with Gasteiger partial charge in [-0.25, -0.2) is 13.4 Å². The van der Waals surface area contributed by atoms with Crippen LogP contribution in [-0.4, -0.2) is 70.0 Å². The lowest BCUT2D eigenvalue weighted by molar-refractivity contribution is 0.115. The minimum Gasteiger partial charge on any atom is -0.379 e. The fraction of sp³-hybridized carbons (Fsp3) is 0.667. The molecule has 1 aliphatic heterocycles. The van der Waals surface area contributed by atoms with Gasteiger partial charge in [-0.15, -0.1) is 24.0 Å². The van der Waals surface area contributed by atoms with Gasteiger partial charge in [0.1, 0.15) is 0 Å². The summed E-state index contributed by atoms with van der Waals surface area (Å²) in [6.45, 7) is 6.93. The Morgan fingerprint density at radius 3 is 2.50 bits per heavy atom. The average Bonchev–Trinajstić information content (AvgIpc) is 3.37. The van der Waals surface area contributed by atoms with E-state index in [1.165, 1.54) is 12.8 Å². The average molecular weight is 551 g/mol. The predicted molar refractivity (Wildman–Crippen MR) is 131 cm³/mol. The summed E-state index contributed by atoms with van der Waals surface area (Å²) in [5.74, 6) is 1.61. The Morgan fingerprint density at radius 2 is 1.90 bits per heavy atom. The number of hydrogen-bond acceptors (Lipinski definition) is 4. The lowest BCUT2D eigenvalue weighted by atomic mass is 10.2. The zero-order chi connectivity index (χ0) is 20.7. The van der Waals surface area contributed by atoms with Crippen molar-refractivity contribution in [3.63, 3.8) is 0 Å². The molecule has 1 aromatic rings. The summed E-state index contributed by atoms with van der Waals surface area (Å²) in [5.41, 5.74) is 0.985. The number of likely N-dealkylation sites (N-methyl/N-ethyl adjacent to an activating group) is 1. The van der Waals surface area contributed by atoms with Crippen LogP contribution in [-0.2, 0) is 21.3 Å². The van der Waals surface area contributed by atoms with Gasteiger partial charge in [0.25, 0.3) is 0 Å². The number of ether oxygens (including phenoxy) is 1. The van der Waals surface area contributed by atoms with Gasteiger partial charge < -0.3 is 15.0 Å². The predicted octanol–water partition coefficient (Wildman–Crippen LogP) is 2.91. The largest absolute Gasteiger partial charge is 0.379 e. The molecule has 7 nitrogen and oxygen atoms in total. The van der Waals surface area contributed by atoms with E-state index in [4.69, 9.17) is 9.73 Å². The normalized spacial score (nSPS) is 17.6. The van der Waals surface area contributed by atoms with Crippen molar-refractivity contribution in [2.45, 2.75) is 44.0 Å². The third-order valence-electron chi connectivity index (χ3n) is 5.36. The summed E-state index contributed by atoms with van der Waals surface area (Å²) < 4.78 is 32.5. The number of benzene rings is 1. The molecule has 3 rings (SSSR count). The quantitative estimate of drug-likeness (QED) is 0.210. The summed E-state index contributed by atoms with van der Waals surface area (Å²) in [6, 6.07) is 7.10. The Morgan fingerprint density at radius 1 is 1.23 bits per heavy atom. The number of hydrogen-bond donors (Lipinski definition) is 1. The van der Waals surface area contributed by atoms with Crippen molar-refractivity contribution in [3.8, 4) is 0 Å². The molecular formula is C21H35IN4O3S. The van der Waals surface area contributed by atoms with Gasteiger partial charge in [0.15, 0.2) is 5.96 Å². The molecule has 0 bridgehead atoms. The van der Waals surface area contributed by atoms with E-state index in [2.05, 4.69) is 10.2 Å². The maximum atomic E-state index is 12.6. The Kier molecular flexibility index (Phi) is 10.3. The number of halogens is 1. The van der Waals surface area contributed by atoms with Gasteiger partial charge in [-0.05, 0) is 56.2 Å². The first kappa shape index (κ1) is 25.4. The number of guanidine groups is 1. The van der Waals surface area contributed by atoms with E-state index in [9.17, 15) is 8.42 Å². The summed E-state index contributed by atoms with van der Waals surface area (Å²) >= 11 is 0. The van der Waals surface area contributed by atoms with Crippen LogP contribution in [0.2, 0.25) is 0 Å². The molecule has 9 heteroatoms. The van der Waals surface area contributed by atoms with Crippen molar-refractivity contribution < 1.29 is 13.2 Å². The molecule has 1 saturated heterocycles. The highest BCUT2D eigenvalue weighted by Gasteiger charge is 2.26. The van der Waals surface area contributed by atoms with Crippen LogP contribution >= 0.6 is 24.0 Å². The standard InChI is InChI=1S/C21H34N4O3S.HI/c1-3-22-21(24(2)14-15-28-17-19-6-7-19)23-16-18-8-10-20(11-9-18)29(26,27)25-12-4-5-13-25;/h8-11,19H,3-7,12-17H2,1-2H3,(H,22,23);1H. The molecule has 2 aliphatic rings. The molecule has 0 radical (unpaired) electrons. The zero-order valence-corrected chi connectivity index (χ0v) is 21.2. The second kappa shape index (κ2) is 12.2. The maximum absolute atomic E-state index is 12.6. The number of aliphatic imine (C=N–C) groups is 1. The zero-order valence-electron chi connectivity index (χ0n) is 18.0. The van der Waals surface area contributed by atoms with Gasteiger partial charge in [-0.1, -0.05) is 12.1 Å². The molecule has 0 atom stereocenters. The van der Waals surface area contributed by atoms with Crippen LogP contribution in [0.25, 0.3) is 0 Å². The maximum Gasteiger partial charge on any atom is 0.243 e. The lowest BCUT2D eigenvalue weighted by Crippen LogP contribution is -2.40. The molecule has 1 saturated carbocycles. The molecule has 2 fully saturated rings. The van der Waals surface area contributed by atoms with Crippen LogP contribution in [0, 0.1) is 5.92 Å². The minimum absolute atomic E-state index is 0. The Balaban J connectivity index is 0.00000320. The van der Waals surface area contributed by atoms with Crippen molar-refractivity contribution in [2.75, 3.05) is 46.4 Å². The fourth-order valence-electron chi connectivity index (χ4n) is 3.32. The lowest BCUT2D eigenvalue weighted by Gasteiger charge is -2.22. The van der Waals surface area contributed by atoms with E-state index < -0.39 is 10.0 Å². The molecule has 0 aromatic heterocycles. The van der Waals surface area contributed by atoms with Crippen LogP contribution in [0.5, 0.6) is 0 Å². The van der Waals surface area contributed by atoms with Crippen molar-refractivity contribution in [3.05, 3.63) is 29.8 Å². The van der Waals surface area contributed by atoms with E-state index >= 15 is 0 Å². The highest BCUT2D eigenvalue weighted by molar-refractivity contribution is 14.0. The Hall–Kier alpha value is -0.910. The number of nitrogens with zero attached hydrogens (tertiary/aromatic N) is 3. The van der Waals surface area contributed by atoms with Gasteiger partial charge in [0.2, 0.25) is 10.0 Å². The second-order valence-electron chi connectivity index (χ2n) is 7.87. The van der Waals surface area contributed by atoms with Crippen molar-refractivity contribution in [1.82, 2.24) is 14.5 Å². The number of rotatable bonds is 10. The van der Waals surface area contributed by atoms with Gasteiger partial charge >= 0.3 is 0 Å². The van der Waals surface area contributed by atoms with E-state index in [0.717, 1.165) is 50.0 Å². The van der Waals surface area contributed by atoms with E-state index in [-0.39, 0.29) is 24.0 Å². The first-order chi connectivity index (χ1) is 14.0. The van der Waals surface area contributed by atoms with Gasteiger partial charge in [-0.3, -0.25) is 0 Å². The second-order valence-corrected chi connectivity index (χ2v) is 9.80. The highest BCUT2D eigenvalue weighted by atomic mass is 127. The molecule has 1 heterocycles. The van der Waals surface area contributed by atoms with Crippen LogP contribution < -0.4 is 5.32 Å². The van der Waals surface area contributed by atoms with E-state index in [1.807, 2.05) is 26.1 Å². The van der Waals surface area contributed by atoms with Crippen LogP contribution in [0.15, 0.2) is 34.2 Å². The molecule has 1 N–H and O–H groups in total.